The molecule has 4 aliphatic rings. The lowest BCUT2D eigenvalue weighted by Crippen LogP contribution is -2.57. The van der Waals surface area contributed by atoms with E-state index in [4.69, 9.17) is 0 Å². The fourth-order valence-corrected chi connectivity index (χ4v) is 6.48. The first-order valence-corrected chi connectivity index (χ1v) is 8.63. The van der Waals surface area contributed by atoms with Crippen LogP contribution in [0.25, 0.3) is 0 Å². The predicted octanol–water partition coefficient (Wildman–Crippen LogP) is 2.97. The van der Waals surface area contributed by atoms with E-state index in [2.05, 4.69) is 0 Å². The Hall–Kier alpha value is -0.0800. The molecule has 0 spiro atoms. The second-order valence-electron chi connectivity index (χ2n) is 7.77. The topological polar surface area (TPSA) is 40.5 Å². The second-order valence-corrected chi connectivity index (χ2v) is 7.77. The number of aliphatic hydroxyl groups excluding tert-OH is 2. The molecule has 8 atom stereocenters. The minimum atomic E-state index is -0.425. The molecule has 6 unspecified atom stereocenters. The van der Waals surface area contributed by atoms with Gasteiger partial charge in [0.25, 0.3) is 0 Å². The monoisotopic (exact) mass is 264 g/mol. The average Bonchev–Trinajstić information content (AvgIpc) is 2.92. The zero-order valence-corrected chi connectivity index (χ0v) is 11.9. The van der Waals surface area contributed by atoms with Gasteiger partial charge in [-0.15, -0.1) is 0 Å². The summed E-state index contributed by atoms with van der Waals surface area (Å²) in [6.07, 6.45) is 11.0. The van der Waals surface area contributed by atoms with Gasteiger partial charge in [0.15, 0.2) is 0 Å². The van der Waals surface area contributed by atoms with Crippen molar-refractivity contribution in [1.82, 2.24) is 0 Å². The number of hydrogen-bond acceptors (Lipinski definition) is 2. The molecule has 0 aromatic heterocycles. The number of fused-ring (bicyclic) bond motifs is 5. The van der Waals surface area contributed by atoms with E-state index in [-0.39, 0.29) is 0 Å². The molecule has 0 bridgehead atoms. The highest BCUT2D eigenvalue weighted by molar-refractivity contribution is 5.04. The van der Waals surface area contributed by atoms with Crippen molar-refractivity contribution >= 4 is 0 Å². The Kier molecular flexibility index (Phi) is 3.15. The highest BCUT2D eigenvalue weighted by Gasteiger charge is 2.55. The average molecular weight is 264 g/mol. The molecule has 4 fully saturated rings. The van der Waals surface area contributed by atoms with Crippen LogP contribution in [0.5, 0.6) is 0 Å². The number of hydrogen-bond donors (Lipinski definition) is 2. The zero-order chi connectivity index (χ0) is 13.0. The van der Waals surface area contributed by atoms with E-state index < -0.39 is 12.2 Å². The molecule has 0 aromatic carbocycles. The normalized spacial score (nSPS) is 57.2. The van der Waals surface area contributed by atoms with Crippen molar-refractivity contribution in [2.24, 2.45) is 35.5 Å². The third kappa shape index (κ3) is 1.82. The van der Waals surface area contributed by atoms with Crippen molar-refractivity contribution < 1.29 is 10.2 Å². The Bertz CT molecular complexity index is 342. The standard InChI is InChI=1S/C17H28O2/c18-16-14-6-2-1-5-12(14)13-9-8-10-4-3-7-11(10)15(13)17(16)19/h10-19H,1-9H2/t10?,11?,12?,13?,14?,15?,16-,17-/m1/s1. The van der Waals surface area contributed by atoms with Crippen molar-refractivity contribution in [2.75, 3.05) is 0 Å². The van der Waals surface area contributed by atoms with Gasteiger partial charge in [0.2, 0.25) is 0 Å². The molecule has 4 saturated carbocycles. The summed E-state index contributed by atoms with van der Waals surface area (Å²) in [5.74, 6) is 3.87. The first-order valence-electron chi connectivity index (χ1n) is 8.63. The third-order valence-electron chi connectivity index (χ3n) is 7.19. The van der Waals surface area contributed by atoms with E-state index in [1.807, 2.05) is 0 Å². The molecule has 0 radical (unpaired) electrons. The lowest BCUT2D eigenvalue weighted by atomic mass is 9.52. The predicted molar refractivity (Wildman–Crippen MR) is 74.5 cm³/mol. The van der Waals surface area contributed by atoms with E-state index in [1.165, 1.54) is 51.4 Å². The Morgan fingerprint density at radius 1 is 0.526 bits per heavy atom. The van der Waals surface area contributed by atoms with Crippen molar-refractivity contribution in [2.45, 2.75) is 70.0 Å². The van der Waals surface area contributed by atoms with Crippen molar-refractivity contribution in [1.29, 1.82) is 0 Å². The Morgan fingerprint density at radius 3 is 2.11 bits per heavy atom. The van der Waals surface area contributed by atoms with Gasteiger partial charge < -0.3 is 10.2 Å². The first kappa shape index (κ1) is 12.6. The SMILES string of the molecule is O[C@@H]1C2CCCCC2C2CCC3CCCC3C2[C@H]1O. The van der Waals surface area contributed by atoms with Gasteiger partial charge in [0.05, 0.1) is 12.2 Å². The van der Waals surface area contributed by atoms with Gasteiger partial charge in [-0.25, -0.2) is 0 Å². The van der Waals surface area contributed by atoms with Crippen LogP contribution in [0, 0.1) is 35.5 Å². The second kappa shape index (κ2) is 4.73. The Balaban J connectivity index is 1.65. The molecule has 2 nitrogen and oxygen atoms in total. The highest BCUT2D eigenvalue weighted by atomic mass is 16.3. The van der Waals surface area contributed by atoms with Crippen LogP contribution in [0.3, 0.4) is 0 Å². The molecule has 0 aromatic rings. The summed E-state index contributed by atoms with van der Waals surface area (Å²) in [4.78, 5) is 0. The zero-order valence-electron chi connectivity index (χ0n) is 11.9. The molecular formula is C17H28O2. The molecule has 19 heavy (non-hydrogen) atoms. The highest BCUT2D eigenvalue weighted by Crippen LogP contribution is 2.57. The molecule has 0 heterocycles. The van der Waals surface area contributed by atoms with Gasteiger partial charge in [-0.05, 0) is 67.6 Å². The molecule has 0 saturated heterocycles. The van der Waals surface area contributed by atoms with Crippen molar-refractivity contribution in [3.05, 3.63) is 0 Å². The maximum atomic E-state index is 10.7. The van der Waals surface area contributed by atoms with Crippen LogP contribution < -0.4 is 0 Å². The van der Waals surface area contributed by atoms with Crippen LogP contribution in [0.2, 0.25) is 0 Å². The van der Waals surface area contributed by atoms with Gasteiger partial charge in [0.1, 0.15) is 0 Å². The maximum absolute atomic E-state index is 10.7. The first-order chi connectivity index (χ1) is 9.27. The molecular weight excluding hydrogens is 236 g/mol. The minimum Gasteiger partial charge on any atom is -0.390 e. The van der Waals surface area contributed by atoms with Crippen LogP contribution in [0.15, 0.2) is 0 Å². The summed E-state index contributed by atoms with van der Waals surface area (Å²) in [6.45, 7) is 0. The summed E-state index contributed by atoms with van der Waals surface area (Å²) in [5, 5.41) is 21.3. The summed E-state index contributed by atoms with van der Waals surface area (Å²) >= 11 is 0. The van der Waals surface area contributed by atoms with E-state index in [0.29, 0.717) is 11.8 Å². The molecule has 0 amide bonds. The lowest BCUT2D eigenvalue weighted by molar-refractivity contribution is -0.167. The van der Waals surface area contributed by atoms with Crippen LogP contribution >= 0.6 is 0 Å². The smallest absolute Gasteiger partial charge is 0.0835 e. The molecule has 0 aliphatic heterocycles. The fourth-order valence-electron chi connectivity index (χ4n) is 6.48. The van der Waals surface area contributed by atoms with Crippen LogP contribution in [-0.2, 0) is 0 Å². The third-order valence-corrected chi connectivity index (χ3v) is 7.19. The van der Waals surface area contributed by atoms with Crippen LogP contribution in [0.1, 0.15) is 57.8 Å². The quantitative estimate of drug-likeness (QED) is 0.706. The van der Waals surface area contributed by atoms with Gasteiger partial charge in [-0.2, -0.15) is 0 Å². The number of rotatable bonds is 0. The molecule has 4 aliphatic carbocycles. The summed E-state index contributed by atoms with van der Waals surface area (Å²) in [5.41, 5.74) is 0. The van der Waals surface area contributed by atoms with Crippen LogP contribution in [-0.4, -0.2) is 22.4 Å². The Labute approximate surface area is 116 Å². The molecule has 4 rings (SSSR count). The summed E-state index contributed by atoms with van der Waals surface area (Å²) < 4.78 is 0. The van der Waals surface area contributed by atoms with Gasteiger partial charge in [0, 0.05) is 0 Å². The number of aliphatic hydroxyl groups is 2. The molecule has 2 N–H and O–H groups in total. The van der Waals surface area contributed by atoms with Gasteiger partial charge in [-0.3, -0.25) is 0 Å². The van der Waals surface area contributed by atoms with Gasteiger partial charge >= 0.3 is 0 Å². The van der Waals surface area contributed by atoms with Crippen LogP contribution in [0.4, 0.5) is 0 Å². The van der Waals surface area contributed by atoms with E-state index in [1.54, 1.807) is 0 Å². The summed E-state index contributed by atoms with van der Waals surface area (Å²) in [6, 6.07) is 0. The fraction of sp³-hybridized carbons (Fsp3) is 1.00. The maximum Gasteiger partial charge on any atom is 0.0835 e. The van der Waals surface area contributed by atoms with Gasteiger partial charge in [-0.1, -0.05) is 25.7 Å². The molecule has 2 heteroatoms. The van der Waals surface area contributed by atoms with Crippen molar-refractivity contribution in [3.8, 4) is 0 Å². The largest absolute Gasteiger partial charge is 0.390 e. The van der Waals surface area contributed by atoms with E-state index in [0.717, 1.165) is 30.1 Å². The Morgan fingerprint density at radius 2 is 1.26 bits per heavy atom. The van der Waals surface area contributed by atoms with E-state index in [9.17, 15) is 10.2 Å². The molecule has 108 valence electrons. The van der Waals surface area contributed by atoms with E-state index >= 15 is 0 Å². The minimum absolute atomic E-state index is 0.406. The van der Waals surface area contributed by atoms with Crippen molar-refractivity contribution in [3.63, 3.8) is 0 Å². The summed E-state index contributed by atoms with van der Waals surface area (Å²) in [7, 11) is 0. The lowest BCUT2D eigenvalue weighted by Gasteiger charge is -2.55.